The van der Waals surface area contributed by atoms with Crippen molar-refractivity contribution in [2.24, 2.45) is 0 Å². The van der Waals surface area contributed by atoms with E-state index in [1.54, 1.807) is 12.4 Å². The van der Waals surface area contributed by atoms with Gasteiger partial charge in [-0.15, -0.1) is 0 Å². The van der Waals surface area contributed by atoms with Crippen LogP contribution in [0.1, 0.15) is 17.2 Å². The Morgan fingerprint density at radius 1 is 1.19 bits per heavy atom. The average Bonchev–Trinajstić information content (AvgIpc) is 3.23. The fourth-order valence-electron chi connectivity index (χ4n) is 3.86. The lowest BCUT2D eigenvalue weighted by Crippen LogP contribution is -2.34. The Kier molecular flexibility index (Phi) is 5.56. The Balaban J connectivity index is 1.40. The minimum absolute atomic E-state index is 0.135. The fraction of sp³-hybridized carbons (Fsp3) is 0.261. The second-order valence-corrected chi connectivity index (χ2v) is 7.49. The molecule has 0 bridgehead atoms. The van der Waals surface area contributed by atoms with Gasteiger partial charge in [0.25, 0.3) is 0 Å². The number of nitrogens with zero attached hydrogens (tertiary/aromatic N) is 3. The number of fused-ring (bicyclic) bond motifs is 1. The topological polar surface area (TPSA) is 87.8 Å². The summed E-state index contributed by atoms with van der Waals surface area (Å²) in [5, 5.41) is 8.01. The number of H-pyrrole nitrogens is 1. The van der Waals surface area contributed by atoms with E-state index in [4.69, 9.17) is 9.72 Å². The number of halogens is 1. The SMILES string of the molecule is Fc1cncc(-c2ncc(C3CNCCO3)c(NCCc3c[nH]c4ccccc34)n2)c1. The second-order valence-electron chi connectivity index (χ2n) is 7.49. The quantitative estimate of drug-likeness (QED) is 0.444. The monoisotopic (exact) mass is 418 g/mol. The van der Waals surface area contributed by atoms with E-state index in [1.165, 1.54) is 23.2 Å². The molecule has 158 valence electrons. The van der Waals surface area contributed by atoms with Crippen molar-refractivity contribution in [3.8, 4) is 11.4 Å². The number of nitrogens with one attached hydrogen (secondary N) is 3. The highest BCUT2D eigenvalue weighted by atomic mass is 19.1. The van der Waals surface area contributed by atoms with Crippen LogP contribution in [0.3, 0.4) is 0 Å². The van der Waals surface area contributed by atoms with Gasteiger partial charge in [0.15, 0.2) is 5.82 Å². The van der Waals surface area contributed by atoms with E-state index in [9.17, 15) is 4.39 Å². The molecule has 1 unspecified atom stereocenters. The minimum Gasteiger partial charge on any atom is -0.371 e. The van der Waals surface area contributed by atoms with Crippen LogP contribution in [0.15, 0.2) is 55.1 Å². The van der Waals surface area contributed by atoms with Crippen LogP contribution in [0.5, 0.6) is 0 Å². The first-order valence-corrected chi connectivity index (χ1v) is 10.4. The standard InChI is InChI=1S/C23H23FN6O/c24-17-9-16(10-26-12-17)22-29-13-19(21-14-25-7-8-31-21)23(30-22)27-6-5-15-11-28-20-4-2-1-3-18(15)20/h1-4,9-13,21,25,28H,5-8,14H2,(H,27,29,30). The summed E-state index contributed by atoms with van der Waals surface area (Å²) in [5.74, 6) is 0.704. The van der Waals surface area contributed by atoms with Crippen LogP contribution in [0.2, 0.25) is 0 Å². The molecule has 8 heteroatoms. The number of aromatic amines is 1. The molecule has 4 heterocycles. The van der Waals surface area contributed by atoms with Gasteiger partial charge in [-0.25, -0.2) is 14.4 Å². The van der Waals surface area contributed by atoms with Gasteiger partial charge in [0.05, 0.1) is 12.8 Å². The molecule has 1 fully saturated rings. The van der Waals surface area contributed by atoms with Gasteiger partial charge in [-0.05, 0) is 24.1 Å². The van der Waals surface area contributed by atoms with E-state index in [-0.39, 0.29) is 6.10 Å². The van der Waals surface area contributed by atoms with E-state index in [1.807, 2.05) is 18.3 Å². The van der Waals surface area contributed by atoms with Crippen molar-refractivity contribution >= 4 is 16.7 Å². The largest absolute Gasteiger partial charge is 0.371 e. The number of aromatic nitrogens is 4. The average molecular weight is 418 g/mol. The van der Waals surface area contributed by atoms with Crippen LogP contribution < -0.4 is 10.6 Å². The summed E-state index contributed by atoms with van der Waals surface area (Å²) in [5.41, 5.74) is 3.79. The maximum Gasteiger partial charge on any atom is 0.163 e. The van der Waals surface area contributed by atoms with Crippen molar-refractivity contribution in [3.63, 3.8) is 0 Å². The molecule has 31 heavy (non-hydrogen) atoms. The molecule has 0 saturated carbocycles. The third-order valence-electron chi connectivity index (χ3n) is 5.42. The van der Waals surface area contributed by atoms with Crippen molar-refractivity contribution in [1.82, 2.24) is 25.3 Å². The predicted molar refractivity (Wildman–Crippen MR) is 117 cm³/mol. The number of ether oxygens (including phenoxy) is 1. The lowest BCUT2D eigenvalue weighted by atomic mass is 10.1. The third kappa shape index (κ3) is 4.26. The van der Waals surface area contributed by atoms with Gasteiger partial charge in [0, 0.05) is 60.3 Å². The number of hydrogen-bond acceptors (Lipinski definition) is 6. The summed E-state index contributed by atoms with van der Waals surface area (Å²) in [6.07, 6.45) is 7.23. The van der Waals surface area contributed by atoms with Gasteiger partial charge >= 0.3 is 0 Å². The summed E-state index contributed by atoms with van der Waals surface area (Å²) in [4.78, 5) is 16.4. The van der Waals surface area contributed by atoms with Gasteiger partial charge in [-0.2, -0.15) is 0 Å². The summed E-state index contributed by atoms with van der Waals surface area (Å²) in [6.45, 7) is 2.84. The molecule has 0 spiro atoms. The molecule has 1 atom stereocenters. The van der Waals surface area contributed by atoms with Crippen molar-refractivity contribution in [2.75, 3.05) is 31.6 Å². The number of rotatable bonds is 6. The first-order valence-electron chi connectivity index (χ1n) is 10.4. The molecule has 3 N–H and O–H groups in total. The lowest BCUT2D eigenvalue weighted by molar-refractivity contribution is 0.0277. The number of anilines is 1. The molecule has 0 amide bonds. The molecule has 5 rings (SSSR count). The zero-order valence-electron chi connectivity index (χ0n) is 16.9. The maximum atomic E-state index is 13.6. The Labute approximate surface area is 179 Å². The van der Waals surface area contributed by atoms with Crippen molar-refractivity contribution in [3.05, 3.63) is 72.1 Å². The van der Waals surface area contributed by atoms with E-state index in [0.717, 1.165) is 24.0 Å². The van der Waals surface area contributed by atoms with Gasteiger partial charge in [0.2, 0.25) is 0 Å². The zero-order valence-corrected chi connectivity index (χ0v) is 16.9. The van der Waals surface area contributed by atoms with Crippen molar-refractivity contribution in [1.29, 1.82) is 0 Å². The Morgan fingerprint density at radius 2 is 2.13 bits per heavy atom. The molecule has 4 aromatic rings. The number of pyridine rings is 1. The van der Waals surface area contributed by atoms with Crippen LogP contribution in [-0.4, -0.2) is 46.2 Å². The molecule has 3 aromatic heterocycles. The van der Waals surface area contributed by atoms with Crippen LogP contribution >= 0.6 is 0 Å². The molecular formula is C23H23FN6O. The van der Waals surface area contributed by atoms with E-state index < -0.39 is 5.82 Å². The smallest absolute Gasteiger partial charge is 0.163 e. The molecular weight excluding hydrogens is 395 g/mol. The normalized spacial score (nSPS) is 16.5. The van der Waals surface area contributed by atoms with Crippen molar-refractivity contribution < 1.29 is 9.13 Å². The van der Waals surface area contributed by atoms with Crippen LogP contribution in [-0.2, 0) is 11.2 Å². The minimum atomic E-state index is -0.418. The molecule has 1 saturated heterocycles. The Hall–Kier alpha value is -3.36. The lowest BCUT2D eigenvalue weighted by Gasteiger charge is -2.25. The number of hydrogen-bond donors (Lipinski definition) is 3. The summed E-state index contributed by atoms with van der Waals surface area (Å²) < 4.78 is 19.6. The Bertz CT molecular complexity index is 1190. The van der Waals surface area contributed by atoms with Gasteiger partial charge < -0.3 is 20.4 Å². The number of para-hydroxylation sites is 1. The molecule has 0 radical (unpaired) electrons. The van der Waals surface area contributed by atoms with E-state index in [0.29, 0.717) is 36.9 Å². The third-order valence-corrected chi connectivity index (χ3v) is 5.42. The number of morpholine rings is 1. The Morgan fingerprint density at radius 3 is 3.00 bits per heavy atom. The molecule has 1 aromatic carbocycles. The highest BCUT2D eigenvalue weighted by Gasteiger charge is 2.21. The van der Waals surface area contributed by atoms with Crippen LogP contribution in [0.25, 0.3) is 22.3 Å². The highest BCUT2D eigenvalue weighted by Crippen LogP contribution is 2.27. The van der Waals surface area contributed by atoms with Gasteiger partial charge in [0.1, 0.15) is 17.7 Å². The fourth-order valence-corrected chi connectivity index (χ4v) is 3.86. The van der Waals surface area contributed by atoms with E-state index in [2.05, 4.69) is 37.7 Å². The highest BCUT2D eigenvalue weighted by molar-refractivity contribution is 5.83. The summed E-state index contributed by atoms with van der Waals surface area (Å²) in [7, 11) is 0. The molecule has 7 nitrogen and oxygen atoms in total. The maximum absolute atomic E-state index is 13.6. The molecule has 1 aliphatic rings. The first kappa shape index (κ1) is 19.6. The van der Waals surface area contributed by atoms with Crippen LogP contribution in [0, 0.1) is 5.82 Å². The summed E-state index contributed by atoms with van der Waals surface area (Å²) >= 11 is 0. The first-order chi connectivity index (χ1) is 15.3. The van der Waals surface area contributed by atoms with Crippen LogP contribution in [0.4, 0.5) is 10.2 Å². The number of benzene rings is 1. The zero-order chi connectivity index (χ0) is 21.0. The van der Waals surface area contributed by atoms with E-state index >= 15 is 0 Å². The van der Waals surface area contributed by atoms with Gasteiger partial charge in [-0.3, -0.25) is 4.98 Å². The predicted octanol–water partition coefficient (Wildman–Crippen LogP) is 3.47. The molecule has 0 aliphatic carbocycles. The van der Waals surface area contributed by atoms with Gasteiger partial charge in [-0.1, -0.05) is 18.2 Å². The second kappa shape index (κ2) is 8.79. The molecule has 1 aliphatic heterocycles. The summed E-state index contributed by atoms with van der Waals surface area (Å²) in [6, 6.07) is 9.64. The van der Waals surface area contributed by atoms with Crippen molar-refractivity contribution in [2.45, 2.75) is 12.5 Å².